The van der Waals surface area contributed by atoms with Crippen LogP contribution in [-0.4, -0.2) is 27.8 Å². The molecular weight excluding hydrogens is 320 g/mol. The van der Waals surface area contributed by atoms with E-state index in [1.54, 1.807) is 20.8 Å². The van der Waals surface area contributed by atoms with E-state index in [1.807, 2.05) is 25.1 Å². The van der Waals surface area contributed by atoms with Gasteiger partial charge in [-0.15, -0.1) is 0 Å². The third-order valence-electron chi connectivity index (χ3n) is 3.62. The van der Waals surface area contributed by atoms with Crippen molar-refractivity contribution in [2.45, 2.75) is 46.1 Å². The standard InChI is InChI=1S/C19H24N2O4/c1-11(2)12-7-6-8-13-14(9-10-15(22)23)17(20-16(12)13)21-18(24)25-19(3,4)5/h6-8,20H,1,9-10H2,2-5H3,(H,21,24)(H,22,23). The molecule has 25 heavy (non-hydrogen) atoms. The highest BCUT2D eigenvalue weighted by Gasteiger charge is 2.20. The molecule has 0 saturated heterocycles. The van der Waals surface area contributed by atoms with Crippen LogP contribution in [0.4, 0.5) is 10.6 Å². The summed E-state index contributed by atoms with van der Waals surface area (Å²) in [6.45, 7) is 11.2. The fraction of sp³-hybridized carbons (Fsp3) is 0.368. The lowest BCUT2D eigenvalue weighted by Gasteiger charge is -2.19. The zero-order valence-electron chi connectivity index (χ0n) is 15.0. The predicted molar refractivity (Wildman–Crippen MR) is 98.8 cm³/mol. The topological polar surface area (TPSA) is 91.4 Å². The molecule has 0 radical (unpaired) electrons. The summed E-state index contributed by atoms with van der Waals surface area (Å²) in [5, 5.41) is 12.6. The summed E-state index contributed by atoms with van der Waals surface area (Å²) in [5.74, 6) is -0.437. The molecule has 0 atom stereocenters. The van der Waals surface area contributed by atoms with Crippen LogP contribution in [0.3, 0.4) is 0 Å². The second-order valence-electron chi connectivity index (χ2n) is 7.01. The van der Waals surface area contributed by atoms with Crippen molar-refractivity contribution in [3.63, 3.8) is 0 Å². The van der Waals surface area contributed by atoms with Crippen molar-refractivity contribution in [1.82, 2.24) is 4.98 Å². The van der Waals surface area contributed by atoms with Crippen molar-refractivity contribution in [2.75, 3.05) is 5.32 Å². The van der Waals surface area contributed by atoms with Gasteiger partial charge in [-0.05, 0) is 39.7 Å². The maximum Gasteiger partial charge on any atom is 0.413 e. The van der Waals surface area contributed by atoms with E-state index in [-0.39, 0.29) is 6.42 Å². The Hall–Kier alpha value is -2.76. The Kier molecular flexibility index (Phi) is 5.21. The Labute approximate surface area is 146 Å². The number of amides is 1. The summed E-state index contributed by atoms with van der Waals surface area (Å²) >= 11 is 0. The van der Waals surface area contributed by atoms with E-state index >= 15 is 0 Å². The number of H-pyrrole nitrogens is 1. The van der Waals surface area contributed by atoms with Crippen LogP contribution in [0.1, 0.15) is 45.2 Å². The summed E-state index contributed by atoms with van der Waals surface area (Å²) in [7, 11) is 0. The molecule has 0 aliphatic heterocycles. The number of aliphatic carboxylic acids is 1. The quantitative estimate of drug-likeness (QED) is 0.741. The molecule has 3 N–H and O–H groups in total. The minimum absolute atomic E-state index is 0.0345. The van der Waals surface area contributed by atoms with Gasteiger partial charge in [-0.1, -0.05) is 24.8 Å². The van der Waals surface area contributed by atoms with Crippen LogP contribution >= 0.6 is 0 Å². The number of para-hydroxylation sites is 1. The van der Waals surface area contributed by atoms with Crippen molar-refractivity contribution < 1.29 is 19.4 Å². The Morgan fingerprint density at radius 2 is 2.00 bits per heavy atom. The molecule has 2 aromatic rings. The number of ether oxygens (including phenoxy) is 1. The second kappa shape index (κ2) is 7.01. The number of hydrogen-bond acceptors (Lipinski definition) is 3. The van der Waals surface area contributed by atoms with Crippen molar-refractivity contribution in [3.05, 3.63) is 35.9 Å². The largest absolute Gasteiger partial charge is 0.481 e. The molecule has 0 spiro atoms. The normalized spacial score (nSPS) is 11.4. The predicted octanol–water partition coefficient (Wildman–Crippen LogP) is 4.57. The fourth-order valence-electron chi connectivity index (χ4n) is 2.63. The van der Waals surface area contributed by atoms with E-state index in [0.29, 0.717) is 12.2 Å². The highest BCUT2D eigenvalue weighted by Crippen LogP contribution is 2.32. The number of carbonyl (C=O) groups excluding carboxylic acids is 1. The molecule has 0 fully saturated rings. The number of nitrogens with one attached hydrogen (secondary N) is 2. The van der Waals surface area contributed by atoms with E-state index in [1.165, 1.54) is 0 Å². The van der Waals surface area contributed by atoms with Gasteiger partial charge in [-0.2, -0.15) is 0 Å². The maximum absolute atomic E-state index is 12.1. The molecule has 6 heteroatoms. The van der Waals surface area contributed by atoms with Gasteiger partial charge in [-0.25, -0.2) is 4.79 Å². The first kappa shape index (κ1) is 18.6. The lowest BCUT2D eigenvalue weighted by atomic mass is 10.0. The molecule has 1 amide bonds. The molecule has 0 aliphatic carbocycles. The number of benzene rings is 1. The van der Waals surface area contributed by atoms with Crippen LogP contribution < -0.4 is 5.32 Å². The van der Waals surface area contributed by atoms with E-state index in [9.17, 15) is 9.59 Å². The van der Waals surface area contributed by atoms with E-state index in [2.05, 4.69) is 16.9 Å². The van der Waals surface area contributed by atoms with Gasteiger partial charge in [-0.3, -0.25) is 10.1 Å². The number of carboxylic acids is 1. The van der Waals surface area contributed by atoms with Crippen LogP contribution in [0.15, 0.2) is 24.8 Å². The summed E-state index contributed by atoms with van der Waals surface area (Å²) < 4.78 is 5.29. The Morgan fingerprint density at radius 1 is 1.32 bits per heavy atom. The van der Waals surface area contributed by atoms with Gasteiger partial charge in [0.25, 0.3) is 0 Å². The first-order chi connectivity index (χ1) is 11.6. The van der Waals surface area contributed by atoms with Gasteiger partial charge in [0.15, 0.2) is 0 Å². The summed E-state index contributed by atoms with van der Waals surface area (Å²) in [5.41, 5.74) is 2.74. The number of rotatable bonds is 5. The number of hydrogen-bond donors (Lipinski definition) is 3. The minimum atomic E-state index is -0.895. The van der Waals surface area contributed by atoms with Crippen LogP contribution in [0, 0.1) is 0 Å². The molecule has 134 valence electrons. The SMILES string of the molecule is C=C(C)c1cccc2c(CCC(=O)O)c(NC(=O)OC(C)(C)C)[nH]c12. The zero-order valence-corrected chi connectivity index (χ0v) is 15.0. The van der Waals surface area contributed by atoms with Crippen LogP contribution in [0.5, 0.6) is 0 Å². The smallest absolute Gasteiger partial charge is 0.413 e. The van der Waals surface area contributed by atoms with Crippen LogP contribution in [0.2, 0.25) is 0 Å². The number of carbonyl (C=O) groups is 2. The van der Waals surface area contributed by atoms with E-state index in [0.717, 1.165) is 27.6 Å². The van der Waals surface area contributed by atoms with Gasteiger partial charge in [0.1, 0.15) is 11.4 Å². The number of aromatic amines is 1. The molecule has 1 aromatic carbocycles. The van der Waals surface area contributed by atoms with E-state index < -0.39 is 17.7 Å². The number of anilines is 1. The number of aromatic nitrogens is 1. The lowest BCUT2D eigenvalue weighted by Crippen LogP contribution is -2.27. The molecule has 0 unspecified atom stereocenters. The molecule has 1 aromatic heterocycles. The lowest BCUT2D eigenvalue weighted by molar-refractivity contribution is -0.136. The molecular formula is C19H24N2O4. The summed E-state index contributed by atoms with van der Waals surface area (Å²) in [6, 6.07) is 5.72. The molecule has 6 nitrogen and oxygen atoms in total. The van der Waals surface area contributed by atoms with Gasteiger partial charge in [0.2, 0.25) is 0 Å². The number of carboxylic acid groups (broad SMARTS) is 1. The van der Waals surface area contributed by atoms with Gasteiger partial charge >= 0.3 is 12.1 Å². The Morgan fingerprint density at radius 3 is 2.56 bits per heavy atom. The minimum Gasteiger partial charge on any atom is -0.481 e. The van der Waals surface area contributed by atoms with Crippen LogP contribution in [-0.2, 0) is 16.0 Å². The third-order valence-corrected chi connectivity index (χ3v) is 3.62. The number of fused-ring (bicyclic) bond motifs is 1. The van der Waals surface area contributed by atoms with Crippen LogP contribution in [0.25, 0.3) is 16.5 Å². The van der Waals surface area contributed by atoms with Gasteiger partial charge < -0.3 is 14.8 Å². The molecule has 0 saturated carbocycles. The zero-order chi connectivity index (χ0) is 18.8. The Bertz CT molecular complexity index is 828. The number of allylic oxidation sites excluding steroid dienone is 1. The van der Waals surface area contributed by atoms with Crippen molar-refractivity contribution in [2.24, 2.45) is 0 Å². The molecule has 1 heterocycles. The maximum atomic E-state index is 12.1. The molecule has 2 rings (SSSR count). The fourth-order valence-corrected chi connectivity index (χ4v) is 2.63. The molecule has 0 aliphatic rings. The number of aryl methyl sites for hydroxylation is 1. The average Bonchev–Trinajstić information content (AvgIpc) is 2.79. The average molecular weight is 344 g/mol. The molecule has 0 bridgehead atoms. The monoisotopic (exact) mass is 344 g/mol. The first-order valence-electron chi connectivity index (χ1n) is 8.09. The van der Waals surface area contributed by atoms with Gasteiger partial charge in [0.05, 0.1) is 5.52 Å². The van der Waals surface area contributed by atoms with E-state index in [4.69, 9.17) is 9.84 Å². The summed E-state index contributed by atoms with van der Waals surface area (Å²) in [4.78, 5) is 26.3. The van der Waals surface area contributed by atoms with Crippen molar-refractivity contribution >= 4 is 34.4 Å². The van der Waals surface area contributed by atoms with Crippen molar-refractivity contribution in [1.29, 1.82) is 0 Å². The third kappa shape index (κ3) is 4.62. The van der Waals surface area contributed by atoms with Crippen molar-refractivity contribution in [3.8, 4) is 0 Å². The second-order valence-corrected chi connectivity index (χ2v) is 7.01. The Balaban J connectivity index is 2.47. The first-order valence-corrected chi connectivity index (χ1v) is 8.09. The highest BCUT2D eigenvalue weighted by molar-refractivity contribution is 5.99. The van der Waals surface area contributed by atoms with Gasteiger partial charge in [0, 0.05) is 22.9 Å². The highest BCUT2D eigenvalue weighted by atomic mass is 16.6. The summed E-state index contributed by atoms with van der Waals surface area (Å²) in [6.07, 6.45) is -0.333.